The summed E-state index contributed by atoms with van der Waals surface area (Å²) in [6.45, 7) is 11.2. The van der Waals surface area contributed by atoms with Gasteiger partial charge in [0.2, 0.25) is 0 Å². The molecule has 0 unspecified atom stereocenters. The van der Waals surface area contributed by atoms with Gasteiger partial charge in [-0.15, -0.1) is 0 Å². The summed E-state index contributed by atoms with van der Waals surface area (Å²) in [6, 6.07) is 6.02. The summed E-state index contributed by atoms with van der Waals surface area (Å²) >= 11 is 6.22. The van der Waals surface area contributed by atoms with Gasteiger partial charge < -0.3 is 9.47 Å². The lowest BCUT2D eigenvalue weighted by atomic mass is 10.1. The molecule has 1 aromatic carbocycles. The molecule has 3 heterocycles. The lowest BCUT2D eigenvalue weighted by Crippen LogP contribution is -2.46. The Labute approximate surface area is 192 Å². The van der Waals surface area contributed by atoms with Crippen molar-refractivity contribution in [3.05, 3.63) is 55.4 Å². The third-order valence-electron chi connectivity index (χ3n) is 6.22. The van der Waals surface area contributed by atoms with Crippen molar-refractivity contribution in [3.8, 4) is 0 Å². The number of imidazole rings is 1. The van der Waals surface area contributed by atoms with E-state index in [0.29, 0.717) is 30.2 Å². The number of rotatable bonds is 5. The number of fused-ring (bicyclic) bond motifs is 1. The fourth-order valence-corrected chi connectivity index (χ4v) is 4.61. The molecule has 1 saturated heterocycles. The van der Waals surface area contributed by atoms with Gasteiger partial charge in [0.1, 0.15) is 5.82 Å². The molecule has 0 spiro atoms. The Morgan fingerprint density at radius 2 is 1.75 bits per heavy atom. The second-order valence-electron chi connectivity index (χ2n) is 9.10. The van der Waals surface area contributed by atoms with E-state index in [1.807, 2.05) is 16.7 Å². The van der Waals surface area contributed by atoms with E-state index >= 15 is 0 Å². The molecule has 1 aliphatic heterocycles. The van der Waals surface area contributed by atoms with Crippen molar-refractivity contribution >= 4 is 28.5 Å². The van der Waals surface area contributed by atoms with E-state index in [0.717, 1.165) is 41.6 Å². The number of nitrogens with zero attached hydrogens (tertiary/aromatic N) is 6. The Kier molecular flexibility index (Phi) is 6.18. The van der Waals surface area contributed by atoms with Gasteiger partial charge in [-0.25, -0.2) is 9.78 Å². The first-order chi connectivity index (χ1) is 15.2. The van der Waals surface area contributed by atoms with Gasteiger partial charge in [0.05, 0.1) is 6.54 Å². The zero-order valence-electron chi connectivity index (χ0n) is 19.4. The molecule has 0 bridgehead atoms. The summed E-state index contributed by atoms with van der Waals surface area (Å²) < 4.78 is 4.64. The molecule has 172 valence electrons. The zero-order chi connectivity index (χ0) is 23.2. The predicted octanol–water partition coefficient (Wildman–Crippen LogP) is 2.37. The SMILES string of the molecule is Cc1ccc(Cl)cc1N1CCN(Cc2nc3c(c(=O)n(C)c(=O)n3C)n2CC(C)C)CC1. The van der Waals surface area contributed by atoms with E-state index < -0.39 is 0 Å². The molecule has 0 radical (unpaired) electrons. The van der Waals surface area contributed by atoms with Gasteiger partial charge in [-0.3, -0.25) is 18.8 Å². The summed E-state index contributed by atoms with van der Waals surface area (Å²) in [5.74, 6) is 1.18. The number of hydrogen-bond donors (Lipinski definition) is 0. The van der Waals surface area contributed by atoms with Crippen LogP contribution in [0.3, 0.4) is 0 Å². The summed E-state index contributed by atoms with van der Waals surface area (Å²) in [7, 11) is 3.19. The maximum Gasteiger partial charge on any atom is 0.332 e. The van der Waals surface area contributed by atoms with Crippen molar-refractivity contribution in [2.24, 2.45) is 20.0 Å². The Morgan fingerprint density at radius 1 is 1.06 bits per heavy atom. The first-order valence-corrected chi connectivity index (χ1v) is 11.4. The van der Waals surface area contributed by atoms with E-state index in [1.54, 1.807) is 7.05 Å². The van der Waals surface area contributed by atoms with Crippen LogP contribution in [-0.2, 0) is 27.2 Å². The van der Waals surface area contributed by atoms with Crippen LogP contribution in [-0.4, -0.2) is 49.8 Å². The fraction of sp³-hybridized carbons (Fsp3) is 0.522. The Hall–Kier alpha value is -2.58. The highest BCUT2D eigenvalue weighted by molar-refractivity contribution is 6.30. The van der Waals surface area contributed by atoms with Crippen molar-refractivity contribution in [2.45, 2.75) is 33.9 Å². The van der Waals surface area contributed by atoms with E-state index in [9.17, 15) is 9.59 Å². The second-order valence-corrected chi connectivity index (χ2v) is 9.54. The summed E-state index contributed by atoms with van der Waals surface area (Å²) in [4.78, 5) is 34.8. The lowest BCUT2D eigenvalue weighted by molar-refractivity contribution is 0.240. The molecule has 1 aliphatic rings. The molecule has 0 saturated carbocycles. The normalized spacial score (nSPS) is 15.3. The largest absolute Gasteiger partial charge is 0.369 e. The number of anilines is 1. The van der Waals surface area contributed by atoms with Crippen LogP contribution in [0, 0.1) is 12.8 Å². The fourth-order valence-electron chi connectivity index (χ4n) is 4.44. The molecule has 0 atom stereocenters. The van der Waals surface area contributed by atoms with Gasteiger partial charge in [0, 0.05) is 57.5 Å². The van der Waals surface area contributed by atoms with Crippen molar-refractivity contribution in [2.75, 3.05) is 31.1 Å². The van der Waals surface area contributed by atoms with Gasteiger partial charge in [-0.05, 0) is 30.5 Å². The molecule has 8 nitrogen and oxygen atoms in total. The van der Waals surface area contributed by atoms with Gasteiger partial charge in [0.15, 0.2) is 11.2 Å². The number of piperazine rings is 1. The highest BCUT2D eigenvalue weighted by Gasteiger charge is 2.24. The van der Waals surface area contributed by atoms with Crippen LogP contribution in [0.5, 0.6) is 0 Å². The summed E-state index contributed by atoms with van der Waals surface area (Å²) in [6.07, 6.45) is 0. The second kappa shape index (κ2) is 8.75. The van der Waals surface area contributed by atoms with E-state index in [2.05, 4.69) is 36.6 Å². The van der Waals surface area contributed by atoms with Crippen LogP contribution in [0.25, 0.3) is 11.2 Å². The monoisotopic (exact) mass is 458 g/mol. The number of aromatic nitrogens is 4. The van der Waals surface area contributed by atoms with Gasteiger partial charge in [0.25, 0.3) is 5.56 Å². The highest BCUT2D eigenvalue weighted by Crippen LogP contribution is 2.26. The molecule has 0 aliphatic carbocycles. The van der Waals surface area contributed by atoms with Crippen LogP contribution in [0.1, 0.15) is 25.2 Å². The van der Waals surface area contributed by atoms with E-state index in [1.165, 1.54) is 22.9 Å². The van der Waals surface area contributed by atoms with Gasteiger partial charge in [-0.2, -0.15) is 0 Å². The first kappa shape index (κ1) is 22.6. The quantitative estimate of drug-likeness (QED) is 0.587. The van der Waals surface area contributed by atoms with Crippen molar-refractivity contribution in [1.82, 2.24) is 23.6 Å². The average Bonchev–Trinajstić information content (AvgIpc) is 3.10. The zero-order valence-corrected chi connectivity index (χ0v) is 20.2. The minimum absolute atomic E-state index is 0.288. The molecule has 2 aromatic heterocycles. The van der Waals surface area contributed by atoms with E-state index in [-0.39, 0.29) is 11.2 Å². The topological polar surface area (TPSA) is 68.3 Å². The molecular formula is C23H31ClN6O2. The maximum absolute atomic E-state index is 12.9. The number of halogens is 1. The van der Waals surface area contributed by atoms with Gasteiger partial charge >= 0.3 is 5.69 Å². The Morgan fingerprint density at radius 3 is 2.41 bits per heavy atom. The van der Waals surface area contributed by atoms with Crippen molar-refractivity contribution < 1.29 is 0 Å². The van der Waals surface area contributed by atoms with E-state index in [4.69, 9.17) is 16.6 Å². The van der Waals surface area contributed by atoms with Crippen molar-refractivity contribution in [3.63, 3.8) is 0 Å². The molecule has 0 N–H and O–H groups in total. The van der Waals surface area contributed by atoms with Crippen LogP contribution in [0.15, 0.2) is 27.8 Å². The lowest BCUT2D eigenvalue weighted by Gasteiger charge is -2.36. The first-order valence-electron chi connectivity index (χ1n) is 11.1. The molecule has 4 rings (SSSR count). The molecular weight excluding hydrogens is 428 g/mol. The van der Waals surface area contributed by atoms with Crippen LogP contribution in [0.4, 0.5) is 5.69 Å². The average molecular weight is 459 g/mol. The van der Waals surface area contributed by atoms with Crippen molar-refractivity contribution in [1.29, 1.82) is 0 Å². The minimum atomic E-state index is -0.353. The molecule has 32 heavy (non-hydrogen) atoms. The molecule has 1 fully saturated rings. The Balaban J connectivity index is 1.62. The summed E-state index contributed by atoms with van der Waals surface area (Å²) in [5, 5.41) is 0.752. The molecule has 0 amide bonds. The molecule has 9 heteroatoms. The predicted molar refractivity (Wildman–Crippen MR) is 129 cm³/mol. The smallest absolute Gasteiger partial charge is 0.332 e. The highest BCUT2D eigenvalue weighted by atomic mass is 35.5. The van der Waals surface area contributed by atoms with Gasteiger partial charge in [-0.1, -0.05) is 31.5 Å². The number of aryl methyl sites for hydroxylation is 2. The summed E-state index contributed by atoms with van der Waals surface area (Å²) in [5.41, 5.74) is 2.73. The number of hydrogen-bond acceptors (Lipinski definition) is 5. The minimum Gasteiger partial charge on any atom is -0.369 e. The third-order valence-corrected chi connectivity index (χ3v) is 6.46. The van der Waals surface area contributed by atoms with Crippen LogP contribution in [0.2, 0.25) is 5.02 Å². The number of benzene rings is 1. The molecule has 3 aromatic rings. The third kappa shape index (κ3) is 4.09. The van der Waals surface area contributed by atoms with Crippen LogP contribution >= 0.6 is 11.6 Å². The Bertz CT molecular complexity index is 1260. The van der Waals surface area contributed by atoms with Crippen LogP contribution < -0.4 is 16.1 Å². The standard InChI is InChI=1S/C23H31ClN6O2/c1-15(2)13-30-19(25-21-20(30)22(31)27(5)23(32)26(21)4)14-28-8-10-29(11-9-28)18-12-17(24)7-6-16(18)3/h6-7,12,15H,8-11,13-14H2,1-5H3. The maximum atomic E-state index is 12.9.